The maximum Gasteiger partial charge on any atom is 0 e. The van der Waals surface area contributed by atoms with E-state index in [1.165, 1.54) is 87.6 Å². The third-order valence-electron chi connectivity index (χ3n) is 12.9. The average Bonchev–Trinajstić information content (AvgIpc) is 3.82. The minimum atomic E-state index is -2.34. The minimum absolute atomic E-state index is 0. The molecule has 2 unspecified atom stereocenters. The van der Waals surface area contributed by atoms with Gasteiger partial charge in [-0.25, -0.2) is 0 Å². The molecule has 3 aromatic heterocycles. The first-order valence-corrected chi connectivity index (χ1v) is 29.9. The predicted molar refractivity (Wildman–Crippen MR) is 256 cm³/mol. The van der Waals surface area contributed by atoms with Crippen LogP contribution in [0.2, 0.25) is 17.3 Å². The van der Waals surface area contributed by atoms with E-state index in [0.29, 0.717) is 28.7 Å². The molecule has 5 aromatic carbocycles. The van der Waals surface area contributed by atoms with Gasteiger partial charge in [-0.1, -0.05) is 82.3 Å². The fourth-order valence-corrected chi connectivity index (χ4v) is 13.7. The molecule has 0 amide bonds. The second-order valence-corrected chi connectivity index (χ2v) is 30.3. The normalized spacial score (nSPS) is 17.3. The smallest absolute Gasteiger partial charge is 0 e. The van der Waals surface area contributed by atoms with Crippen molar-refractivity contribution in [3.05, 3.63) is 143 Å². The van der Waals surface area contributed by atoms with Gasteiger partial charge in [-0.2, -0.15) is 11.3 Å². The molecule has 0 N–H and O–H groups in total. The number of pyridine rings is 1. The number of para-hydroxylation sites is 3. The molecule has 2 aliphatic carbocycles. The Morgan fingerprint density at radius 1 is 0.820 bits per heavy atom. The third kappa shape index (κ3) is 8.47. The summed E-state index contributed by atoms with van der Waals surface area (Å²) in [6, 6.07) is 37.3. The summed E-state index contributed by atoms with van der Waals surface area (Å²) in [7, 11) is 0. The topological polar surface area (TPSA) is 30.7 Å². The van der Waals surface area contributed by atoms with Gasteiger partial charge in [-0.15, -0.1) is 23.8 Å². The van der Waals surface area contributed by atoms with Crippen molar-refractivity contribution in [1.82, 2.24) is 14.5 Å². The Labute approximate surface area is 386 Å². The van der Waals surface area contributed by atoms with Crippen molar-refractivity contribution in [2.24, 2.45) is 5.92 Å². The molecule has 0 bridgehead atoms. The van der Waals surface area contributed by atoms with Gasteiger partial charge in [0.15, 0.2) is 0 Å². The zero-order valence-electron chi connectivity index (χ0n) is 39.3. The van der Waals surface area contributed by atoms with Gasteiger partial charge in [-0.05, 0) is 99.9 Å². The van der Waals surface area contributed by atoms with Crippen molar-refractivity contribution < 1.29 is 28.6 Å². The van der Waals surface area contributed by atoms with Gasteiger partial charge in [0.25, 0.3) is 0 Å². The van der Waals surface area contributed by atoms with Crippen molar-refractivity contribution in [2.75, 3.05) is 0 Å². The molecule has 315 valence electrons. The van der Waals surface area contributed by atoms with E-state index in [2.05, 4.69) is 133 Å². The van der Waals surface area contributed by atoms with Gasteiger partial charge in [0.1, 0.15) is 0 Å². The Balaban J connectivity index is 0.000000216. The second-order valence-electron chi connectivity index (χ2n) is 18.6. The monoisotopic (exact) mass is 1070 g/mol. The van der Waals surface area contributed by atoms with E-state index in [1.54, 1.807) is 29.5 Å². The Morgan fingerprint density at radius 2 is 1.56 bits per heavy atom. The number of thiophene rings is 1. The van der Waals surface area contributed by atoms with E-state index >= 15 is 0 Å². The van der Waals surface area contributed by atoms with Crippen LogP contribution in [0.3, 0.4) is 0 Å². The third-order valence-corrected chi connectivity index (χ3v) is 18.2. The van der Waals surface area contributed by atoms with Crippen molar-refractivity contribution in [1.29, 1.82) is 0 Å². The summed E-state index contributed by atoms with van der Waals surface area (Å²) in [5.74, 6) is 9.48. The number of aromatic nitrogens is 3. The molecular formula is C54H56FGeIrN3S-2. The molecule has 3 heterocycles. The summed E-state index contributed by atoms with van der Waals surface area (Å²) in [5, 5.41) is 2.75. The van der Waals surface area contributed by atoms with Crippen LogP contribution in [0, 0.1) is 30.7 Å². The van der Waals surface area contributed by atoms with E-state index in [9.17, 15) is 4.39 Å². The van der Waals surface area contributed by atoms with E-state index in [0.717, 1.165) is 38.7 Å². The maximum absolute atomic E-state index is 13.0. The Hall–Kier alpha value is -3.94. The Morgan fingerprint density at radius 3 is 2.28 bits per heavy atom. The van der Waals surface area contributed by atoms with Crippen LogP contribution >= 0.6 is 11.3 Å². The van der Waals surface area contributed by atoms with Crippen LogP contribution in [-0.4, -0.2) is 27.8 Å². The predicted octanol–water partition coefficient (Wildman–Crippen LogP) is 14.9. The first-order valence-electron chi connectivity index (χ1n) is 23.3. The average molecular weight is 1070 g/mol. The molecule has 7 heteroatoms. The fraction of sp³-hybridized carbons (Fsp3) is 0.333. The minimum Gasteiger partial charge on any atom is 0 e. The van der Waals surface area contributed by atoms with Gasteiger partial charge >= 0.3 is 114 Å². The molecular weight excluding hydrogens is 1010 g/mol. The van der Waals surface area contributed by atoms with E-state index < -0.39 is 20.1 Å². The zero-order valence-corrected chi connectivity index (χ0v) is 41.6. The number of aryl methyl sites for hydroxylation is 2. The van der Waals surface area contributed by atoms with Gasteiger partial charge in [-0.3, -0.25) is 4.98 Å². The number of nitrogens with zero attached hydrogens (tertiary/aromatic N) is 3. The van der Waals surface area contributed by atoms with Crippen LogP contribution < -0.4 is 4.40 Å². The van der Waals surface area contributed by atoms with E-state index in [1.807, 2.05) is 11.3 Å². The van der Waals surface area contributed by atoms with E-state index in [4.69, 9.17) is 9.10 Å². The standard InChI is InChI=1S/C39H39N2S.C15H17FGeN.Ir/c1-23(2)28-12-9-13-29(24(3)4)38(28)41-35-15-8-7-14-34(35)40-39(41)27-18-19-36-32(21-27)33-20-26-17-16-25-10-5-6-11-30(25)31(26)22-37(33)42-36;1-11-9-15(12-5-7-13(16)8-6-12)18-10-14(11)17(2,3)4;/h7-9,12-15,19-25,30H,5-6,10-11,16-17H2,1-4H3;5,7-10H,1-4H3;/q2*-1;/i;1D3;. The molecule has 2 atom stereocenters. The largest absolute Gasteiger partial charge is 0 e. The van der Waals surface area contributed by atoms with E-state index in [-0.39, 0.29) is 25.9 Å². The molecule has 1 fully saturated rings. The number of hydrogen-bond donors (Lipinski definition) is 0. The molecule has 8 aromatic rings. The van der Waals surface area contributed by atoms with Crippen LogP contribution in [0.15, 0.2) is 97.2 Å². The Bertz CT molecular complexity index is 2960. The second kappa shape index (κ2) is 17.7. The molecule has 1 radical (unpaired) electrons. The Kier molecular flexibility index (Phi) is 11.6. The van der Waals surface area contributed by atoms with Crippen LogP contribution in [-0.2, 0) is 26.5 Å². The first-order chi connectivity index (χ1) is 30.1. The van der Waals surface area contributed by atoms with Crippen LogP contribution in [0.4, 0.5) is 4.39 Å². The molecule has 0 spiro atoms. The summed E-state index contributed by atoms with van der Waals surface area (Å²) in [5.41, 5.74) is 12.0. The SMILES string of the molecule is CC(C)c1cccc(C(C)C)c1-n1c(-c2[c-]cc3sc4cc5c(cc4c3c2)CCC2CCCCC52)nc2ccccc21.[2H]C([2H])([2H])c1cc(-c2[c-]cc(F)cc2)nc[c]1[Ge]([CH3])([CH3])[CH3].[Ir]. The van der Waals surface area contributed by atoms with Crippen LogP contribution in [0.25, 0.3) is 59.5 Å². The summed E-state index contributed by atoms with van der Waals surface area (Å²) in [6.45, 7) is 7.02. The molecule has 1 saturated carbocycles. The maximum atomic E-state index is 13.0. The molecule has 10 rings (SSSR count). The van der Waals surface area contributed by atoms with Crippen molar-refractivity contribution in [3.8, 4) is 28.3 Å². The first kappa shape index (κ1) is 39.9. The van der Waals surface area contributed by atoms with Gasteiger partial charge in [0.05, 0.1) is 16.9 Å². The quantitative estimate of drug-likeness (QED) is 0.123. The number of fused-ring (bicyclic) bond motifs is 7. The number of halogens is 1. The number of imidazole rings is 1. The number of hydrogen-bond acceptors (Lipinski definition) is 3. The zero-order chi connectivity index (χ0) is 44.4. The summed E-state index contributed by atoms with van der Waals surface area (Å²) < 4.78 is 42.3. The van der Waals surface area contributed by atoms with Gasteiger partial charge in [0, 0.05) is 30.5 Å². The summed E-state index contributed by atoms with van der Waals surface area (Å²) in [4.78, 5) is 9.64. The summed E-state index contributed by atoms with van der Waals surface area (Å²) in [6.07, 6.45) is 9.88. The number of benzene rings is 5. The van der Waals surface area contributed by atoms with Crippen molar-refractivity contribution in [3.63, 3.8) is 0 Å². The fourth-order valence-electron chi connectivity index (χ4n) is 9.79. The van der Waals surface area contributed by atoms with Crippen LogP contribution in [0.1, 0.15) is 109 Å². The molecule has 61 heavy (non-hydrogen) atoms. The molecule has 2 aliphatic rings. The summed E-state index contributed by atoms with van der Waals surface area (Å²) >= 11 is -0.399. The molecule has 0 saturated heterocycles. The molecule has 3 nitrogen and oxygen atoms in total. The number of rotatable bonds is 6. The van der Waals surface area contributed by atoms with Gasteiger partial charge in [0.2, 0.25) is 0 Å². The van der Waals surface area contributed by atoms with Crippen molar-refractivity contribution in [2.45, 2.75) is 108 Å². The molecule has 0 aliphatic heterocycles. The van der Waals surface area contributed by atoms with Gasteiger partial charge < -0.3 is 4.57 Å². The van der Waals surface area contributed by atoms with Crippen molar-refractivity contribution >= 4 is 60.2 Å². The van der Waals surface area contributed by atoms with Crippen LogP contribution in [0.5, 0.6) is 0 Å².